The van der Waals surface area contributed by atoms with Crippen molar-refractivity contribution in [1.82, 2.24) is 20.0 Å². The van der Waals surface area contributed by atoms with Crippen LogP contribution in [0.25, 0.3) is 5.69 Å². The van der Waals surface area contributed by atoms with Crippen LogP contribution < -0.4 is 5.32 Å². The monoisotopic (exact) mass is 410 g/mol. The lowest BCUT2D eigenvalue weighted by Gasteiger charge is -2.20. The Kier molecular flexibility index (Phi) is 7.03. The highest BCUT2D eigenvalue weighted by molar-refractivity contribution is 6.30. The third-order valence-corrected chi connectivity index (χ3v) is 4.74. The molecule has 6 nitrogen and oxygen atoms in total. The summed E-state index contributed by atoms with van der Waals surface area (Å²) < 4.78 is 1.73. The molecule has 0 fully saturated rings. The van der Waals surface area contributed by atoms with Crippen molar-refractivity contribution >= 4 is 23.4 Å². The van der Waals surface area contributed by atoms with Crippen LogP contribution in [0.1, 0.15) is 18.1 Å². The molecule has 2 amide bonds. The van der Waals surface area contributed by atoms with Gasteiger partial charge < -0.3 is 10.2 Å². The number of nitrogens with one attached hydrogen (secondary N) is 1. The largest absolute Gasteiger partial charge is 0.350 e. The molecule has 0 bridgehead atoms. The normalized spacial score (nSPS) is 10.6. The van der Waals surface area contributed by atoms with Gasteiger partial charge in [0.25, 0.3) is 0 Å². The minimum absolute atomic E-state index is 0.0236. The second-order valence-corrected chi connectivity index (χ2v) is 7.05. The zero-order valence-electron chi connectivity index (χ0n) is 16.2. The molecule has 7 heteroatoms. The first kappa shape index (κ1) is 20.6. The van der Waals surface area contributed by atoms with E-state index in [0.29, 0.717) is 18.1 Å². The van der Waals surface area contributed by atoms with Crippen LogP contribution >= 0.6 is 11.6 Å². The van der Waals surface area contributed by atoms with E-state index in [9.17, 15) is 9.59 Å². The molecule has 0 spiro atoms. The quantitative estimate of drug-likeness (QED) is 0.620. The fraction of sp³-hybridized carbons (Fsp3) is 0.227. The standard InChI is InChI=1S/C22H23ClN4O2/c1-2-26(16-21(28)24-13-17-8-10-19(23)11-9-17)22(29)12-18-14-25-27(15-18)20-6-4-3-5-7-20/h3-11,14-15H,2,12-13,16H2,1H3,(H,24,28). The lowest BCUT2D eigenvalue weighted by atomic mass is 10.2. The number of nitrogens with zero attached hydrogens (tertiary/aromatic N) is 3. The van der Waals surface area contributed by atoms with Gasteiger partial charge in [-0.1, -0.05) is 41.9 Å². The predicted molar refractivity (Wildman–Crippen MR) is 113 cm³/mol. The maximum absolute atomic E-state index is 12.6. The summed E-state index contributed by atoms with van der Waals surface area (Å²) in [7, 11) is 0. The summed E-state index contributed by atoms with van der Waals surface area (Å²) in [6.45, 7) is 2.74. The third-order valence-electron chi connectivity index (χ3n) is 4.48. The second kappa shape index (κ2) is 9.89. The van der Waals surface area contributed by atoms with Crippen LogP contribution in [0, 0.1) is 0 Å². The molecular formula is C22H23ClN4O2. The minimum atomic E-state index is -0.199. The van der Waals surface area contributed by atoms with E-state index < -0.39 is 0 Å². The maximum atomic E-state index is 12.6. The average Bonchev–Trinajstić information content (AvgIpc) is 3.20. The zero-order valence-corrected chi connectivity index (χ0v) is 17.0. The van der Waals surface area contributed by atoms with Gasteiger partial charge in [-0.3, -0.25) is 9.59 Å². The molecule has 3 rings (SSSR count). The van der Waals surface area contributed by atoms with Crippen LogP contribution in [0.3, 0.4) is 0 Å². The molecule has 1 heterocycles. The van der Waals surface area contributed by atoms with E-state index >= 15 is 0 Å². The molecule has 3 aromatic rings. The number of hydrogen-bond donors (Lipinski definition) is 1. The number of aromatic nitrogens is 2. The molecule has 0 atom stereocenters. The molecule has 0 radical (unpaired) electrons. The summed E-state index contributed by atoms with van der Waals surface area (Å²) in [6.07, 6.45) is 3.71. The van der Waals surface area contributed by atoms with Gasteiger partial charge in [0.2, 0.25) is 11.8 Å². The Hall–Kier alpha value is -3.12. The Morgan fingerprint density at radius 3 is 2.48 bits per heavy atom. The first-order valence-electron chi connectivity index (χ1n) is 9.43. The topological polar surface area (TPSA) is 67.2 Å². The van der Waals surface area contributed by atoms with Crippen LogP contribution in [0.15, 0.2) is 67.0 Å². The Labute approximate surface area is 175 Å². The van der Waals surface area contributed by atoms with Crippen molar-refractivity contribution in [1.29, 1.82) is 0 Å². The van der Waals surface area contributed by atoms with Gasteiger partial charge in [-0.15, -0.1) is 0 Å². The van der Waals surface area contributed by atoms with Crippen LogP contribution in [-0.2, 0) is 22.6 Å². The lowest BCUT2D eigenvalue weighted by molar-refractivity contribution is -0.135. The summed E-state index contributed by atoms with van der Waals surface area (Å²) in [5, 5.41) is 7.80. The minimum Gasteiger partial charge on any atom is -0.350 e. The molecule has 150 valence electrons. The highest BCUT2D eigenvalue weighted by atomic mass is 35.5. The van der Waals surface area contributed by atoms with Crippen LogP contribution in [0.4, 0.5) is 0 Å². The van der Waals surface area contributed by atoms with Gasteiger partial charge >= 0.3 is 0 Å². The van der Waals surface area contributed by atoms with Gasteiger partial charge in [0.05, 0.1) is 24.8 Å². The molecule has 0 aliphatic carbocycles. The summed E-state index contributed by atoms with van der Waals surface area (Å²) in [4.78, 5) is 26.4. The molecule has 1 aromatic heterocycles. The number of carbonyl (C=O) groups excluding carboxylic acids is 2. The number of amides is 2. The number of rotatable bonds is 8. The van der Waals surface area contributed by atoms with Crippen molar-refractivity contribution in [3.63, 3.8) is 0 Å². The van der Waals surface area contributed by atoms with Gasteiger partial charge in [-0.25, -0.2) is 4.68 Å². The first-order chi connectivity index (χ1) is 14.0. The number of carbonyl (C=O) groups is 2. The number of likely N-dealkylation sites (N-methyl/N-ethyl adjacent to an activating group) is 1. The fourth-order valence-electron chi connectivity index (χ4n) is 2.87. The van der Waals surface area contributed by atoms with E-state index in [1.807, 2.05) is 55.6 Å². The van der Waals surface area contributed by atoms with Crippen molar-refractivity contribution in [2.45, 2.75) is 19.9 Å². The predicted octanol–water partition coefficient (Wildman–Crippen LogP) is 3.23. The Balaban J connectivity index is 1.52. The summed E-state index contributed by atoms with van der Waals surface area (Å²) >= 11 is 5.86. The highest BCUT2D eigenvalue weighted by Crippen LogP contribution is 2.10. The van der Waals surface area contributed by atoms with Gasteiger partial charge in [0.15, 0.2) is 0 Å². The number of halogens is 1. The van der Waals surface area contributed by atoms with Gasteiger partial charge in [0, 0.05) is 24.3 Å². The summed E-state index contributed by atoms with van der Waals surface area (Å²) in [5.74, 6) is -0.308. The Bertz CT molecular complexity index is 954. The number of hydrogen-bond acceptors (Lipinski definition) is 3. The van der Waals surface area contributed by atoms with Gasteiger partial charge in [-0.2, -0.15) is 5.10 Å². The molecule has 0 saturated heterocycles. The molecule has 0 unspecified atom stereocenters. The van der Waals surface area contributed by atoms with E-state index in [-0.39, 0.29) is 24.8 Å². The van der Waals surface area contributed by atoms with Crippen LogP contribution in [0.5, 0.6) is 0 Å². The SMILES string of the molecule is CCN(CC(=O)NCc1ccc(Cl)cc1)C(=O)Cc1cnn(-c2ccccc2)c1. The zero-order chi connectivity index (χ0) is 20.6. The fourth-order valence-corrected chi connectivity index (χ4v) is 2.99. The molecule has 29 heavy (non-hydrogen) atoms. The van der Waals surface area contributed by atoms with E-state index in [1.54, 1.807) is 23.0 Å². The van der Waals surface area contributed by atoms with E-state index in [0.717, 1.165) is 16.8 Å². The molecule has 0 aliphatic rings. The van der Waals surface area contributed by atoms with E-state index in [2.05, 4.69) is 10.4 Å². The Morgan fingerprint density at radius 1 is 1.07 bits per heavy atom. The van der Waals surface area contributed by atoms with Crippen molar-refractivity contribution in [3.8, 4) is 5.69 Å². The molecule has 0 saturated carbocycles. The van der Waals surface area contributed by atoms with Crippen LogP contribution in [0.2, 0.25) is 5.02 Å². The Morgan fingerprint density at radius 2 is 1.79 bits per heavy atom. The number of para-hydroxylation sites is 1. The molecular weight excluding hydrogens is 388 g/mol. The highest BCUT2D eigenvalue weighted by Gasteiger charge is 2.17. The lowest BCUT2D eigenvalue weighted by Crippen LogP contribution is -2.41. The summed E-state index contributed by atoms with van der Waals surface area (Å²) in [5.41, 5.74) is 2.68. The maximum Gasteiger partial charge on any atom is 0.239 e. The molecule has 0 aliphatic heterocycles. The third kappa shape index (κ3) is 5.93. The van der Waals surface area contributed by atoms with E-state index in [1.165, 1.54) is 4.90 Å². The number of benzene rings is 2. The second-order valence-electron chi connectivity index (χ2n) is 6.62. The van der Waals surface area contributed by atoms with Gasteiger partial charge in [-0.05, 0) is 42.3 Å². The first-order valence-corrected chi connectivity index (χ1v) is 9.81. The van der Waals surface area contributed by atoms with Crippen molar-refractivity contribution < 1.29 is 9.59 Å². The van der Waals surface area contributed by atoms with Crippen molar-refractivity contribution in [3.05, 3.63) is 83.1 Å². The van der Waals surface area contributed by atoms with Crippen molar-refractivity contribution in [2.24, 2.45) is 0 Å². The van der Waals surface area contributed by atoms with Crippen LogP contribution in [-0.4, -0.2) is 39.6 Å². The molecule has 1 N–H and O–H groups in total. The van der Waals surface area contributed by atoms with Gasteiger partial charge in [0.1, 0.15) is 0 Å². The summed E-state index contributed by atoms with van der Waals surface area (Å²) in [6, 6.07) is 17.0. The average molecular weight is 411 g/mol. The smallest absolute Gasteiger partial charge is 0.239 e. The van der Waals surface area contributed by atoms with Crippen molar-refractivity contribution in [2.75, 3.05) is 13.1 Å². The molecule has 2 aromatic carbocycles. The van der Waals surface area contributed by atoms with E-state index in [4.69, 9.17) is 11.6 Å².